The predicted octanol–water partition coefficient (Wildman–Crippen LogP) is 2.72. The second kappa shape index (κ2) is 3.99. The number of hydrogen-bond donors (Lipinski definition) is 1. The van der Waals surface area contributed by atoms with E-state index < -0.39 is 11.7 Å². The highest BCUT2D eigenvalue weighted by molar-refractivity contribution is 5.68. The third kappa shape index (κ3) is 9.18. The third-order valence-electron chi connectivity index (χ3n) is 1.02. The van der Waals surface area contributed by atoms with Crippen LogP contribution >= 0.6 is 0 Å². The van der Waals surface area contributed by atoms with Gasteiger partial charge in [0.05, 0.1) is 6.54 Å². The van der Waals surface area contributed by atoms with Crippen molar-refractivity contribution in [3.05, 3.63) is 6.54 Å². The molecule has 0 heterocycles. The van der Waals surface area contributed by atoms with Crippen molar-refractivity contribution >= 4 is 6.09 Å². The SMILES string of the molecule is CC(C)(C)[CH]NC(=O)OC(C)(C)C. The van der Waals surface area contributed by atoms with Gasteiger partial charge in [0.25, 0.3) is 0 Å². The van der Waals surface area contributed by atoms with Gasteiger partial charge in [-0.05, 0) is 26.2 Å². The van der Waals surface area contributed by atoms with Crippen molar-refractivity contribution in [2.75, 3.05) is 0 Å². The molecule has 0 spiro atoms. The Labute approximate surface area is 80.8 Å². The maximum Gasteiger partial charge on any atom is 0.407 e. The van der Waals surface area contributed by atoms with E-state index in [2.05, 4.69) is 5.32 Å². The van der Waals surface area contributed by atoms with Gasteiger partial charge in [-0.25, -0.2) is 4.79 Å². The van der Waals surface area contributed by atoms with Gasteiger partial charge < -0.3 is 10.1 Å². The Hall–Kier alpha value is -0.730. The van der Waals surface area contributed by atoms with Crippen LogP contribution in [-0.4, -0.2) is 11.7 Å². The molecule has 0 saturated carbocycles. The molecule has 1 radical (unpaired) electrons. The van der Waals surface area contributed by atoms with Gasteiger partial charge in [-0.15, -0.1) is 0 Å². The van der Waals surface area contributed by atoms with Crippen LogP contribution in [0.3, 0.4) is 0 Å². The molecule has 77 valence electrons. The van der Waals surface area contributed by atoms with E-state index in [4.69, 9.17) is 4.74 Å². The van der Waals surface area contributed by atoms with Crippen LogP contribution in [-0.2, 0) is 4.74 Å². The lowest BCUT2D eigenvalue weighted by Crippen LogP contribution is -2.33. The fourth-order valence-corrected chi connectivity index (χ4v) is 0.583. The van der Waals surface area contributed by atoms with Gasteiger partial charge in [0.2, 0.25) is 0 Å². The molecule has 0 aromatic rings. The number of alkyl carbamates (subject to hydrolysis) is 1. The highest BCUT2D eigenvalue weighted by Crippen LogP contribution is 2.15. The summed E-state index contributed by atoms with van der Waals surface area (Å²) in [5.41, 5.74) is -0.466. The summed E-state index contributed by atoms with van der Waals surface area (Å²) in [5.74, 6) is 0. The number of amides is 1. The van der Waals surface area contributed by atoms with Crippen molar-refractivity contribution < 1.29 is 9.53 Å². The van der Waals surface area contributed by atoms with E-state index in [0.717, 1.165) is 0 Å². The molecule has 0 fully saturated rings. The van der Waals surface area contributed by atoms with Gasteiger partial charge in [0, 0.05) is 0 Å². The van der Waals surface area contributed by atoms with Crippen LogP contribution in [0.5, 0.6) is 0 Å². The first-order valence-corrected chi connectivity index (χ1v) is 4.44. The summed E-state index contributed by atoms with van der Waals surface area (Å²) in [4.78, 5) is 11.1. The fourth-order valence-electron chi connectivity index (χ4n) is 0.583. The molecule has 0 atom stereocenters. The lowest BCUT2D eigenvalue weighted by atomic mass is 9.97. The molecule has 0 rings (SSSR count). The first-order chi connectivity index (χ1) is 5.60. The highest BCUT2D eigenvalue weighted by atomic mass is 16.6. The Morgan fingerprint density at radius 3 is 1.92 bits per heavy atom. The summed E-state index contributed by atoms with van der Waals surface area (Å²) in [5, 5.41) is 2.59. The number of carbonyl (C=O) groups excluding carboxylic acids is 1. The molecule has 13 heavy (non-hydrogen) atoms. The first-order valence-electron chi connectivity index (χ1n) is 4.44. The van der Waals surface area contributed by atoms with Gasteiger partial charge in [0.15, 0.2) is 0 Å². The molecule has 0 aliphatic heterocycles. The normalized spacial score (nSPS) is 12.5. The molecule has 0 bridgehead atoms. The van der Waals surface area contributed by atoms with E-state index >= 15 is 0 Å². The van der Waals surface area contributed by atoms with Crippen LogP contribution in [0.2, 0.25) is 0 Å². The van der Waals surface area contributed by atoms with Gasteiger partial charge in [-0.1, -0.05) is 20.8 Å². The Morgan fingerprint density at radius 2 is 1.62 bits per heavy atom. The number of nitrogens with one attached hydrogen (secondary N) is 1. The molecular formula is C10H20NO2. The Bertz CT molecular complexity index is 174. The average molecular weight is 186 g/mol. The summed E-state index contributed by atoms with van der Waals surface area (Å²) >= 11 is 0. The number of ether oxygens (including phenoxy) is 1. The smallest absolute Gasteiger partial charge is 0.407 e. The van der Waals surface area contributed by atoms with Crippen LogP contribution in [0.1, 0.15) is 41.5 Å². The summed E-state index contributed by atoms with van der Waals surface area (Å²) in [6.07, 6.45) is -0.401. The van der Waals surface area contributed by atoms with Crippen molar-refractivity contribution in [2.24, 2.45) is 5.41 Å². The molecule has 0 saturated heterocycles. The van der Waals surface area contributed by atoms with Crippen molar-refractivity contribution in [1.82, 2.24) is 5.32 Å². The monoisotopic (exact) mass is 186 g/mol. The van der Waals surface area contributed by atoms with Gasteiger partial charge in [0.1, 0.15) is 5.60 Å². The van der Waals surface area contributed by atoms with E-state index in [1.165, 1.54) is 0 Å². The van der Waals surface area contributed by atoms with Crippen molar-refractivity contribution in [3.8, 4) is 0 Å². The molecule has 3 heteroatoms. The minimum Gasteiger partial charge on any atom is -0.444 e. The maximum atomic E-state index is 11.1. The van der Waals surface area contributed by atoms with Crippen LogP contribution in [0.15, 0.2) is 0 Å². The van der Waals surface area contributed by atoms with Gasteiger partial charge >= 0.3 is 6.09 Å². The van der Waals surface area contributed by atoms with Crippen LogP contribution < -0.4 is 5.32 Å². The molecule has 3 nitrogen and oxygen atoms in total. The van der Waals surface area contributed by atoms with Crippen LogP contribution in [0, 0.1) is 12.0 Å². The number of hydrogen-bond acceptors (Lipinski definition) is 2. The van der Waals surface area contributed by atoms with Crippen molar-refractivity contribution in [3.63, 3.8) is 0 Å². The largest absolute Gasteiger partial charge is 0.444 e. The lowest BCUT2D eigenvalue weighted by molar-refractivity contribution is 0.0531. The standard InChI is InChI=1S/C10H20NO2/c1-9(2,3)7-11-8(12)13-10(4,5)6/h7H,1-6H3,(H,11,12). The molecule has 0 aromatic heterocycles. The quantitative estimate of drug-likeness (QED) is 0.683. The molecule has 1 amide bonds. The van der Waals surface area contributed by atoms with Gasteiger partial charge in [-0.3, -0.25) is 0 Å². The average Bonchev–Trinajstić information content (AvgIpc) is 1.78. The summed E-state index contributed by atoms with van der Waals surface area (Å²) in [6, 6.07) is 0. The summed E-state index contributed by atoms with van der Waals surface area (Å²) in [6.45, 7) is 13.2. The number of rotatable bonds is 1. The molecule has 0 aliphatic rings. The van der Waals surface area contributed by atoms with Gasteiger partial charge in [-0.2, -0.15) is 0 Å². The first kappa shape index (κ1) is 12.3. The minimum absolute atomic E-state index is 0.0308. The summed E-state index contributed by atoms with van der Waals surface area (Å²) < 4.78 is 5.05. The minimum atomic E-state index is -0.435. The Kier molecular flexibility index (Phi) is 3.76. The molecule has 1 N–H and O–H groups in total. The zero-order valence-corrected chi connectivity index (χ0v) is 9.39. The molecule has 0 aliphatic carbocycles. The molecule has 0 aromatic carbocycles. The van der Waals surface area contributed by atoms with E-state index in [-0.39, 0.29) is 5.41 Å². The Balaban J connectivity index is 3.78. The maximum absolute atomic E-state index is 11.1. The zero-order chi connectivity index (χ0) is 10.7. The van der Waals surface area contributed by atoms with E-state index in [9.17, 15) is 4.79 Å². The Morgan fingerprint density at radius 1 is 1.15 bits per heavy atom. The zero-order valence-electron chi connectivity index (χ0n) is 9.39. The third-order valence-corrected chi connectivity index (χ3v) is 1.02. The summed E-state index contributed by atoms with van der Waals surface area (Å²) in [7, 11) is 0. The highest BCUT2D eigenvalue weighted by Gasteiger charge is 2.18. The van der Waals surface area contributed by atoms with Crippen molar-refractivity contribution in [2.45, 2.75) is 47.1 Å². The van der Waals surface area contributed by atoms with E-state index in [1.54, 1.807) is 6.54 Å². The van der Waals surface area contributed by atoms with Crippen LogP contribution in [0.4, 0.5) is 4.79 Å². The topological polar surface area (TPSA) is 38.3 Å². The lowest BCUT2D eigenvalue weighted by Gasteiger charge is -2.22. The molecular weight excluding hydrogens is 166 g/mol. The predicted molar refractivity (Wildman–Crippen MR) is 53.1 cm³/mol. The fraction of sp³-hybridized carbons (Fsp3) is 0.800. The molecule has 0 unspecified atom stereocenters. The second-order valence-corrected chi connectivity index (χ2v) is 5.16. The van der Waals surface area contributed by atoms with E-state index in [0.29, 0.717) is 0 Å². The van der Waals surface area contributed by atoms with Crippen LogP contribution in [0.25, 0.3) is 0 Å². The second-order valence-electron chi connectivity index (χ2n) is 5.16. The number of carbonyl (C=O) groups is 1. The van der Waals surface area contributed by atoms with E-state index in [1.807, 2.05) is 41.5 Å². The van der Waals surface area contributed by atoms with Crippen molar-refractivity contribution in [1.29, 1.82) is 0 Å².